The molecule has 0 unspecified atom stereocenters. The van der Waals surface area contributed by atoms with Gasteiger partial charge in [0.1, 0.15) is 5.69 Å². The van der Waals surface area contributed by atoms with Crippen LogP contribution in [0.3, 0.4) is 0 Å². The number of aromatic nitrogens is 2. The summed E-state index contributed by atoms with van der Waals surface area (Å²) in [7, 11) is 2.34. The van der Waals surface area contributed by atoms with Gasteiger partial charge in [0.2, 0.25) is 0 Å². The number of rotatable bonds is 4. The molecule has 0 saturated carbocycles. The molecule has 3 rings (SSSR count). The molecule has 0 aromatic carbocycles. The highest BCUT2D eigenvalue weighted by Gasteiger charge is 2.26. The highest BCUT2D eigenvalue weighted by molar-refractivity contribution is 5.81. The fraction of sp³-hybridized carbons (Fsp3) is 0.562. The van der Waals surface area contributed by atoms with Crippen LogP contribution >= 0.6 is 0 Å². The van der Waals surface area contributed by atoms with Crippen LogP contribution in [-0.2, 0) is 0 Å². The number of hydrogen-bond donors (Lipinski definition) is 2. The number of likely N-dealkylation sites (tertiary alicyclic amines) is 1. The van der Waals surface area contributed by atoms with Crippen LogP contribution in [0.5, 0.6) is 0 Å². The van der Waals surface area contributed by atoms with E-state index < -0.39 is 0 Å². The first-order valence-corrected chi connectivity index (χ1v) is 7.82. The van der Waals surface area contributed by atoms with Gasteiger partial charge < -0.3 is 27.9 Å². The molecular formula is C16H26ClN5. The van der Waals surface area contributed by atoms with Crippen molar-refractivity contribution in [3.05, 3.63) is 23.4 Å². The zero-order chi connectivity index (χ0) is 15.0. The summed E-state index contributed by atoms with van der Waals surface area (Å²) < 4.78 is 3.11. The molecule has 22 heavy (non-hydrogen) atoms. The highest BCUT2D eigenvalue weighted by atomic mass is 35.5. The molecule has 1 fully saturated rings. The third-order valence-electron chi connectivity index (χ3n) is 4.93. The number of fused-ring (bicyclic) bond motifs is 1. The van der Waals surface area contributed by atoms with Crippen molar-refractivity contribution in [2.24, 2.45) is 0 Å². The zero-order valence-electron chi connectivity index (χ0n) is 13.7. The van der Waals surface area contributed by atoms with E-state index in [0.29, 0.717) is 0 Å². The van der Waals surface area contributed by atoms with E-state index >= 15 is 0 Å². The number of anilines is 2. The molecule has 1 saturated heterocycles. The summed E-state index contributed by atoms with van der Waals surface area (Å²) in [6.45, 7) is 8.81. The molecule has 122 valence electrons. The number of hydrogen-bond acceptors (Lipinski definition) is 3. The van der Waals surface area contributed by atoms with Crippen molar-refractivity contribution in [2.75, 3.05) is 44.3 Å². The minimum Gasteiger partial charge on any atom is -1.00 e. The number of aryl methyl sites for hydroxylation is 2. The van der Waals surface area contributed by atoms with E-state index in [4.69, 9.17) is 5.73 Å². The number of nitrogens with two attached hydrogens (primary N) is 1. The summed E-state index contributed by atoms with van der Waals surface area (Å²) in [6.07, 6.45) is 2.71. The second kappa shape index (κ2) is 6.34. The maximum Gasteiger partial charge on any atom is 0.172 e. The van der Waals surface area contributed by atoms with Crippen molar-refractivity contribution in [2.45, 2.75) is 26.7 Å². The smallest absolute Gasteiger partial charge is 0.172 e. The number of pyridine rings is 1. The zero-order valence-corrected chi connectivity index (χ0v) is 14.5. The van der Waals surface area contributed by atoms with E-state index in [-0.39, 0.29) is 12.4 Å². The first-order valence-electron chi connectivity index (χ1n) is 7.82. The van der Waals surface area contributed by atoms with Gasteiger partial charge in [-0.25, -0.2) is 4.52 Å². The molecule has 2 aromatic heterocycles. The standard InChI is InChI=1S/C16H26N5.ClH/c1-12-6-7-14-15(17)16(19-20(14)13(12)2)18-8-11-21(3)9-4-5-10-21;/h6-7H,4-5,8-11,17H2,1-3H3,(H,18,19);1H/q+1;/p-1. The summed E-state index contributed by atoms with van der Waals surface area (Å²) in [4.78, 5) is 0. The average Bonchev–Trinajstić information content (AvgIpc) is 3.01. The number of nitrogens with one attached hydrogen (secondary N) is 1. The Morgan fingerprint density at radius 3 is 2.64 bits per heavy atom. The second-order valence-corrected chi connectivity index (χ2v) is 6.59. The van der Waals surface area contributed by atoms with Gasteiger partial charge in [-0.2, -0.15) is 0 Å². The Bertz CT molecular complexity index is 658. The van der Waals surface area contributed by atoms with Gasteiger partial charge in [0.25, 0.3) is 0 Å². The van der Waals surface area contributed by atoms with Gasteiger partial charge in [-0.1, -0.05) is 6.07 Å². The number of quaternary nitrogens is 1. The largest absolute Gasteiger partial charge is 1.00 e. The molecule has 0 bridgehead atoms. The molecule has 0 aliphatic carbocycles. The van der Waals surface area contributed by atoms with Crippen molar-refractivity contribution >= 4 is 17.0 Å². The van der Waals surface area contributed by atoms with E-state index in [0.717, 1.165) is 35.8 Å². The molecule has 3 N–H and O–H groups in total. The fourth-order valence-electron chi connectivity index (χ4n) is 3.25. The van der Waals surface area contributed by atoms with Gasteiger partial charge in [0.05, 0.1) is 38.7 Å². The summed E-state index contributed by atoms with van der Waals surface area (Å²) >= 11 is 0. The van der Waals surface area contributed by atoms with Gasteiger partial charge in [0, 0.05) is 18.5 Å². The van der Waals surface area contributed by atoms with E-state index in [1.807, 2.05) is 10.6 Å². The van der Waals surface area contributed by atoms with Crippen LogP contribution in [0.25, 0.3) is 5.52 Å². The Morgan fingerprint density at radius 2 is 1.95 bits per heavy atom. The maximum atomic E-state index is 6.23. The summed E-state index contributed by atoms with van der Waals surface area (Å²) in [6, 6.07) is 4.15. The Morgan fingerprint density at radius 1 is 1.27 bits per heavy atom. The Balaban J connectivity index is 0.00000176. The van der Waals surface area contributed by atoms with E-state index in [9.17, 15) is 0 Å². The maximum absolute atomic E-state index is 6.23. The quantitative estimate of drug-likeness (QED) is 0.724. The third-order valence-corrected chi connectivity index (χ3v) is 4.93. The van der Waals surface area contributed by atoms with E-state index in [2.05, 4.69) is 37.4 Å². The Kier molecular flexibility index (Phi) is 4.87. The van der Waals surface area contributed by atoms with Crippen LogP contribution < -0.4 is 23.5 Å². The lowest BCUT2D eigenvalue weighted by Gasteiger charge is -2.29. The normalized spacial score (nSPS) is 16.7. The topological polar surface area (TPSA) is 55.3 Å². The summed E-state index contributed by atoms with van der Waals surface area (Å²) in [5.41, 5.74) is 10.3. The molecule has 6 heteroatoms. The van der Waals surface area contributed by atoms with Crippen LogP contribution in [0.1, 0.15) is 24.1 Å². The number of halogens is 1. The summed E-state index contributed by atoms with van der Waals surface area (Å²) in [5.74, 6) is 0.814. The SMILES string of the molecule is Cc1ccc2c(N)c(NCC[N+]3(C)CCCC3)nn2c1C.[Cl-]. The Labute approximate surface area is 138 Å². The number of nitrogen functional groups attached to an aromatic ring is 1. The summed E-state index contributed by atoms with van der Waals surface area (Å²) in [5, 5.41) is 8.06. The number of likely N-dealkylation sites (N-methyl/N-ethyl adjacent to an activating group) is 1. The molecule has 0 amide bonds. The first kappa shape index (κ1) is 16.9. The predicted octanol–water partition coefficient (Wildman–Crippen LogP) is -0.810. The lowest BCUT2D eigenvalue weighted by atomic mass is 10.2. The van der Waals surface area contributed by atoms with Gasteiger partial charge >= 0.3 is 0 Å². The van der Waals surface area contributed by atoms with Crippen molar-refractivity contribution in [1.82, 2.24) is 9.61 Å². The molecule has 0 spiro atoms. The molecule has 3 heterocycles. The van der Waals surface area contributed by atoms with Gasteiger partial charge in [-0.3, -0.25) is 0 Å². The van der Waals surface area contributed by atoms with Crippen LogP contribution in [-0.4, -0.2) is 47.3 Å². The minimum atomic E-state index is 0. The molecule has 1 aliphatic heterocycles. The lowest BCUT2D eigenvalue weighted by molar-refractivity contribution is -0.895. The van der Waals surface area contributed by atoms with Crippen molar-refractivity contribution in [3.8, 4) is 0 Å². The predicted molar refractivity (Wildman–Crippen MR) is 87.6 cm³/mol. The van der Waals surface area contributed by atoms with Crippen LogP contribution in [0.4, 0.5) is 11.5 Å². The van der Waals surface area contributed by atoms with Crippen LogP contribution in [0.2, 0.25) is 0 Å². The molecule has 1 aliphatic rings. The molecule has 0 atom stereocenters. The third kappa shape index (κ3) is 3.01. The first-order chi connectivity index (χ1) is 10.0. The highest BCUT2D eigenvalue weighted by Crippen LogP contribution is 2.25. The van der Waals surface area contributed by atoms with Gasteiger partial charge in [0.15, 0.2) is 5.82 Å². The second-order valence-electron chi connectivity index (χ2n) is 6.59. The van der Waals surface area contributed by atoms with Crippen LogP contribution in [0, 0.1) is 13.8 Å². The van der Waals surface area contributed by atoms with Crippen molar-refractivity contribution < 1.29 is 16.9 Å². The average molecular weight is 324 g/mol. The minimum absolute atomic E-state index is 0. The fourth-order valence-corrected chi connectivity index (χ4v) is 3.25. The van der Waals surface area contributed by atoms with E-state index in [1.54, 1.807) is 0 Å². The van der Waals surface area contributed by atoms with Crippen LogP contribution in [0.15, 0.2) is 12.1 Å². The monoisotopic (exact) mass is 323 g/mol. The van der Waals surface area contributed by atoms with E-state index in [1.165, 1.54) is 36.0 Å². The lowest BCUT2D eigenvalue weighted by Crippen LogP contribution is -3.00. The van der Waals surface area contributed by atoms with Crippen molar-refractivity contribution in [1.29, 1.82) is 0 Å². The van der Waals surface area contributed by atoms with Gasteiger partial charge in [-0.05, 0) is 25.5 Å². The van der Waals surface area contributed by atoms with Crippen molar-refractivity contribution in [3.63, 3.8) is 0 Å². The molecule has 5 nitrogen and oxygen atoms in total. The number of nitrogens with zero attached hydrogens (tertiary/aromatic N) is 3. The van der Waals surface area contributed by atoms with Gasteiger partial charge in [-0.15, -0.1) is 5.10 Å². The molecule has 2 aromatic rings. The molecular weight excluding hydrogens is 298 g/mol. The molecule has 0 radical (unpaired) electrons. The Hall–Kier alpha value is -1.46.